The van der Waals surface area contributed by atoms with Crippen LogP contribution in [-0.4, -0.2) is 18.3 Å². The zero-order valence-electron chi connectivity index (χ0n) is 7.44. The fourth-order valence-electron chi connectivity index (χ4n) is 1.45. The summed E-state index contributed by atoms with van der Waals surface area (Å²) in [4.78, 5) is 5.44. The van der Waals surface area contributed by atoms with Crippen molar-refractivity contribution in [2.24, 2.45) is 0 Å². The van der Waals surface area contributed by atoms with Crippen LogP contribution >= 0.6 is 0 Å². The van der Waals surface area contributed by atoms with E-state index in [0.29, 0.717) is 0 Å². The molecule has 1 N–H and O–H groups in total. The number of nitrogens with zero attached hydrogens (tertiary/aromatic N) is 1. The normalized spacial score (nSPS) is 17.4. The molecule has 1 aromatic carbocycles. The number of rotatable bonds is 1. The van der Waals surface area contributed by atoms with Gasteiger partial charge in [0.05, 0.1) is 12.3 Å². The third-order valence-corrected chi connectivity index (χ3v) is 2.12. The van der Waals surface area contributed by atoms with E-state index in [9.17, 15) is 5.11 Å². The van der Waals surface area contributed by atoms with Gasteiger partial charge in [-0.05, 0) is 25.0 Å². The summed E-state index contributed by atoms with van der Waals surface area (Å²) < 4.78 is 0. The summed E-state index contributed by atoms with van der Waals surface area (Å²) in [6.45, 7) is 1.68. The van der Waals surface area contributed by atoms with Crippen LogP contribution in [0.1, 0.15) is 12.8 Å². The summed E-state index contributed by atoms with van der Waals surface area (Å²) in [6, 6.07) is 7.13. The first-order valence-corrected chi connectivity index (χ1v) is 4.56. The van der Waals surface area contributed by atoms with Gasteiger partial charge < -0.3 is 5.11 Å². The van der Waals surface area contributed by atoms with E-state index in [-0.39, 0.29) is 5.75 Å². The Kier molecular flexibility index (Phi) is 2.36. The van der Waals surface area contributed by atoms with Crippen LogP contribution in [0.5, 0.6) is 5.75 Å². The molecule has 0 atom stereocenters. The standard InChI is InChI=1S/C10H13NO2/c12-10-5-3-4-9(8-10)11-6-1-2-7-13-11/h3-5,8,12H,1-2,6-7H2. The van der Waals surface area contributed by atoms with Crippen molar-refractivity contribution in [1.82, 2.24) is 0 Å². The van der Waals surface area contributed by atoms with Crippen molar-refractivity contribution in [2.45, 2.75) is 12.8 Å². The highest BCUT2D eigenvalue weighted by Gasteiger charge is 2.11. The van der Waals surface area contributed by atoms with Gasteiger partial charge in [0.1, 0.15) is 5.75 Å². The van der Waals surface area contributed by atoms with E-state index >= 15 is 0 Å². The third-order valence-electron chi connectivity index (χ3n) is 2.12. The molecule has 1 aliphatic rings. The van der Waals surface area contributed by atoms with Gasteiger partial charge in [-0.3, -0.25) is 9.90 Å². The van der Waals surface area contributed by atoms with Crippen LogP contribution < -0.4 is 5.06 Å². The van der Waals surface area contributed by atoms with Gasteiger partial charge in [0.2, 0.25) is 0 Å². The van der Waals surface area contributed by atoms with Crippen LogP contribution in [0.4, 0.5) is 5.69 Å². The van der Waals surface area contributed by atoms with Crippen molar-refractivity contribution >= 4 is 5.69 Å². The molecular formula is C10H13NO2. The second kappa shape index (κ2) is 3.66. The van der Waals surface area contributed by atoms with E-state index in [0.717, 1.165) is 31.7 Å². The zero-order valence-corrected chi connectivity index (χ0v) is 7.44. The lowest BCUT2D eigenvalue weighted by Crippen LogP contribution is -2.29. The summed E-state index contributed by atoms with van der Waals surface area (Å²) in [5.74, 6) is 0.284. The highest BCUT2D eigenvalue weighted by atomic mass is 16.7. The number of aromatic hydroxyl groups is 1. The van der Waals surface area contributed by atoms with Crippen molar-refractivity contribution < 1.29 is 9.94 Å². The summed E-state index contributed by atoms with van der Waals surface area (Å²) in [5.41, 5.74) is 0.930. The second-order valence-corrected chi connectivity index (χ2v) is 3.16. The molecule has 0 aliphatic carbocycles. The van der Waals surface area contributed by atoms with Gasteiger partial charge in [-0.15, -0.1) is 0 Å². The van der Waals surface area contributed by atoms with E-state index in [2.05, 4.69) is 0 Å². The molecule has 1 aromatic rings. The Morgan fingerprint density at radius 2 is 2.23 bits per heavy atom. The molecule has 0 bridgehead atoms. The molecule has 3 nitrogen and oxygen atoms in total. The molecule has 0 spiro atoms. The summed E-state index contributed by atoms with van der Waals surface area (Å²) in [6.07, 6.45) is 2.27. The van der Waals surface area contributed by atoms with Crippen LogP contribution in [0.3, 0.4) is 0 Å². The molecule has 13 heavy (non-hydrogen) atoms. The van der Waals surface area contributed by atoms with Crippen LogP contribution in [0.15, 0.2) is 24.3 Å². The fraction of sp³-hybridized carbons (Fsp3) is 0.400. The molecule has 1 fully saturated rings. The lowest BCUT2D eigenvalue weighted by molar-refractivity contribution is 0.0777. The Morgan fingerprint density at radius 1 is 1.31 bits per heavy atom. The SMILES string of the molecule is Oc1cccc(N2CCCCO2)c1. The number of benzene rings is 1. The minimum absolute atomic E-state index is 0.284. The van der Waals surface area contributed by atoms with Crippen LogP contribution in [0.2, 0.25) is 0 Å². The Labute approximate surface area is 77.5 Å². The van der Waals surface area contributed by atoms with Gasteiger partial charge in [0, 0.05) is 12.6 Å². The Bertz CT molecular complexity index is 282. The molecule has 1 aliphatic heterocycles. The van der Waals surface area contributed by atoms with Crippen molar-refractivity contribution in [1.29, 1.82) is 0 Å². The van der Waals surface area contributed by atoms with E-state index in [4.69, 9.17) is 4.84 Å². The predicted molar refractivity (Wildman–Crippen MR) is 50.6 cm³/mol. The average molecular weight is 179 g/mol. The van der Waals surface area contributed by atoms with E-state index in [1.165, 1.54) is 0 Å². The highest BCUT2D eigenvalue weighted by Crippen LogP contribution is 2.22. The van der Waals surface area contributed by atoms with Crippen molar-refractivity contribution in [2.75, 3.05) is 18.2 Å². The van der Waals surface area contributed by atoms with Crippen molar-refractivity contribution in [3.8, 4) is 5.75 Å². The number of phenolic OH excluding ortho intramolecular Hbond substituents is 1. The second-order valence-electron chi connectivity index (χ2n) is 3.16. The zero-order chi connectivity index (χ0) is 9.10. The molecule has 3 heteroatoms. The third kappa shape index (κ3) is 1.92. The van der Waals surface area contributed by atoms with E-state index in [1.54, 1.807) is 12.1 Å². The van der Waals surface area contributed by atoms with Gasteiger partial charge in [-0.25, -0.2) is 0 Å². The fourth-order valence-corrected chi connectivity index (χ4v) is 1.45. The Hall–Kier alpha value is -1.22. The first-order chi connectivity index (χ1) is 6.36. The molecule has 1 saturated heterocycles. The van der Waals surface area contributed by atoms with E-state index < -0.39 is 0 Å². The Balaban J connectivity index is 2.14. The monoisotopic (exact) mass is 179 g/mol. The minimum atomic E-state index is 0.284. The number of hydrogen-bond donors (Lipinski definition) is 1. The maximum absolute atomic E-state index is 9.26. The molecule has 0 amide bonds. The topological polar surface area (TPSA) is 32.7 Å². The summed E-state index contributed by atoms with van der Waals surface area (Å²) in [5, 5.41) is 11.1. The van der Waals surface area contributed by atoms with Gasteiger partial charge >= 0.3 is 0 Å². The predicted octanol–water partition coefficient (Wildman–Crippen LogP) is 1.92. The average Bonchev–Trinajstić information content (AvgIpc) is 2.19. The van der Waals surface area contributed by atoms with Crippen LogP contribution in [-0.2, 0) is 4.84 Å². The first kappa shape index (κ1) is 8.38. The number of hydroxylamine groups is 1. The molecule has 0 aromatic heterocycles. The van der Waals surface area contributed by atoms with Gasteiger partial charge in [0.15, 0.2) is 0 Å². The van der Waals surface area contributed by atoms with Crippen LogP contribution in [0.25, 0.3) is 0 Å². The molecule has 70 valence electrons. The Morgan fingerprint density at radius 3 is 2.92 bits per heavy atom. The number of anilines is 1. The van der Waals surface area contributed by atoms with Gasteiger partial charge in [-0.1, -0.05) is 6.07 Å². The quantitative estimate of drug-likeness (QED) is 0.715. The van der Waals surface area contributed by atoms with E-state index in [1.807, 2.05) is 17.2 Å². The molecular weight excluding hydrogens is 166 g/mol. The maximum atomic E-state index is 9.26. The van der Waals surface area contributed by atoms with Gasteiger partial charge in [0.25, 0.3) is 0 Å². The van der Waals surface area contributed by atoms with Crippen LogP contribution in [0, 0.1) is 0 Å². The molecule has 0 radical (unpaired) electrons. The number of hydrogen-bond acceptors (Lipinski definition) is 3. The van der Waals surface area contributed by atoms with Crippen molar-refractivity contribution in [3.05, 3.63) is 24.3 Å². The summed E-state index contributed by atoms with van der Waals surface area (Å²) >= 11 is 0. The lowest BCUT2D eigenvalue weighted by atomic mass is 10.2. The molecule has 2 rings (SSSR count). The molecule has 0 saturated carbocycles. The van der Waals surface area contributed by atoms with Crippen molar-refractivity contribution in [3.63, 3.8) is 0 Å². The largest absolute Gasteiger partial charge is 0.508 e. The highest BCUT2D eigenvalue weighted by molar-refractivity contribution is 5.48. The number of phenols is 1. The molecule has 0 unspecified atom stereocenters. The molecule has 1 heterocycles. The summed E-state index contributed by atoms with van der Waals surface area (Å²) in [7, 11) is 0. The lowest BCUT2D eigenvalue weighted by Gasteiger charge is -2.27. The minimum Gasteiger partial charge on any atom is -0.508 e. The maximum Gasteiger partial charge on any atom is 0.117 e. The smallest absolute Gasteiger partial charge is 0.117 e. The van der Waals surface area contributed by atoms with Gasteiger partial charge in [-0.2, -0.15) is 0 Å². The first-order valence-electron chi connectivity index (χ1n) is 4.56.